The average molecular weight is 320 g/mol. The highest BCUT2D eigenvalue weighted by molar-refractivity contribution is 9.09. The second-order valence-electron chi connectivity index (χ2n) is 5.40. The van der Waals surface area contributed by atoms with E-state index < -0.39 is 0 Å². The van der Waals surface area contributed by atoms with E-state index in [2.05, 4.69) is 48.5 Å². The maximum absolute atomic E-state index is 3.95. The highest BCUT2D eigenvalue weighted by Gasteiger charge is 2.23. The van der Waals surface area contributed by atoms with Crippen LogP contribution in [-0.4, -0.2) is 28.9 Å². The predicted octanol–water partition coefficient (Wildman–Crippen LogP) is 5.62. The van der Waals surface area contributed by atoms with Gasteiger partial charge < -0.3 is 0 Å². The van der Waals surface area contributed by atoms with E-state index in [1.54, 1.807) is 0 Å². The summed E-state index contributed by atoms with van der Waals surface area (Å²) in [6, 6.07) is 0.744. The van der Waals surface area contributed by atoms with Gasteiger partial charge in [0.15, 0.2) is 0 Å². The van der Waals surface area contributed by atoms with Gasteiger partial charge in [0.1, 0.15) is 0 Å². The number of unbranched alkanes of at least 4 members (excludes halogenated alkanes) is 2. The van der Waals surface area contributed by atoms with Crippen molar-refractivity contribution in [1.29, 1.82) is 0 Å². The lowest BCUT2D eigenvalue weighted by atomic mass is 10.0. The first-order valence-electron chi connectivity index (χ1n) is 8.09. The molecule has 0 aliphatic carbocycles. The molecule has 0 aromatic rings. The molecular weight excluding hydrogens is 286 g/mol. The Bertz CT molecular complexity index is 164. The topological polar surface area (TPSA) is 3.24 Å². The molecule has 0 aromatic carbocycles. The first kappa shape index (κ1) is 18.4. The Balaban J connectivity index is 4.49. The van der Waals surface area contributed by atoms with Gasteiger partial charge in [-0.05, 0) is 38.8 Å². The molecule has 2 unspecified atom stereocenters. The monoisotopic (exact) mass is 319 g/mol. The minimum Gasteiger partial charge on any atom is -0.299 e. The smallest absolute Gasteiger partial charge is 0.0301 e. The third-order valence-corrected chi connectivity index (χ3v) is 4.70. The van der Waals surface area contributed by atoms with Crippen LogP contribution in [0, 0.1) is 0 Å². The Hall–Kier alpha value is 0.440. The van der Waals surface area contributed by atoms with Gasteiger partial charge in [-0.2, -0.15) is 0 Å². The maximum Gasteiger partial charge on any atom is 0.0301 e. The molecule has 0 bridgehead atoms. The molecule has 0 heterocycles. The van der Waals surface area contributed by atoms with Crippen molar-refractivity contribution < 1.29 is 0 Å². The van der Waals surface area contributed by atoms with Gasteiger partial charge in [-0.15, -0.1) is 0 Å². The van der Waals surface area contributed by atoms with E-state index >= 15 is 0 Å². The molecule has 110 valence electrons. The second kappa shape index (κ2) is 12.5. The fourth-order valence-electron chi connectivity index (χ4n) is 2.52. The minimum atomic E-state index is 0.677. The number of rotatable bonds is 12. The molecule has 18 heavy (non-hydrogen) atoms. The van der Waals surface area contributed by atoms with Crippen molar-refractivity contribution in [2.24, 2.45) is 0 Å². The van der Waals surface area contributed by atoms with Crippen LogP contribution in [0.25, 0.3) is 0 Å². The Morgan fingerprint density at radius 2 is 1.28 bits per heavy atom. The summed E-state index contributed by atoms with van der Waals surface area (Å²) in [5.74, 6) is 0. The average Bonchev–Trinajstić information content (AvgIpc) is 2.37. The van der Waals surface area contributed by atoms with Crippen LogP contribution in [0.5, 0.6) is 0 Å². The number of alkyl halides is 1. The Kier molecular flexibility index (Phi) is 12.8. The van der Waals surface area contributed by atoms with E-state index in [1.165, 1.54) is 64.5 Å². The molecule has 1 nitrogen and oxygen atoms in total. The van der Waals surface area contributed by atoms with Crippen LogP contribution in [0.2, 0.25) is 0 Å². The van der Waals surface area contributed by atoms with E-state index in [1.807, 2.05) is 0 Å². The van der Waals surface area contributed by atoms with Crippen molar-refractivity contribution in [3.05, 3.63) is 0 Å². The Labute approximate surface area is 124 Å². The summed E-state index contributed by atoms with van der Waals surface area (Å²) < 4.78 is 0. The normalized spacial score (nSPS) is 15.0. The van der Waals surface area contributed by atoms with Crippen molar-refractivity contribution in [3.8, 4) is 0 Å². The number of hydrogen-bond donors (Lipinski definition) is 0. The van der Waals surface area contributed by atoms with Crippen LogP contribution in [0.1, 0.15) is 79.1 Å². The van der Waals surface area contributed by atoms with E-state index in [0.717, 1.165) is 6.04 Å². The zero-order valence-corrected chi connectivity index (χ0v) is 14.6. The predicted molar refractivity (Wildman–Crippen MR) is 87.7 cm³/mol. The standard InChI is InChI=1S/C16H34BrN/c1-5-9-13-18(14-10-6-2)16(12-8-4)15(17)11-7-3/h15-16H,5-14H2,1-4H3. The van der Waals surface area contributed by atoms with Gasteiger partial charge >= 0.3 is 0 Å². The number of hydrogen-bond acceptors (Lipinski definition) is 1. The van der Waals surface area contributed by atoms with Gasteiger partial charge in [-0.3, -0.25) is 4.90 Å². The molecule has 0 spiro atoms. The molecule has 0 N–H and O–H groups in total. The lowest BCUT2D eigenvalue weighted by Crippen LogP contribution is -2.42. The lowest BCUT2D eigenvalue weighted by Gasteiger charge is -2.35. The first-order chi connectivity index (χ1) is 8.71. The molecule has 0 aromatic heterocycles. The lowest BCUT2D eigenvalue weighted by molar-refractivity contribution is 0.174. The van der Waals surface area contributed by atoms with Gasteiger partial charge in [-0.1, -0.05) is 69.3 Å². The van der Waals surface area contributed by atoms with Gasteiger partial charge in [0.05, 0.1) is 0 Å². The highest BCUT2D eigenvalue weighted by atomic mass is 79.9. The molecule has 0 fully saturated rings. The molecule has 0 aliphatic heterocycles. The van der Waals surface area contributed by atoms with Gasteiger partial charge in [0.2, 0.25) is 0 Å². The zero-order valence-electron chi connectivity index (χ0n) is 13.1. The summed E-state index contributed by atoms with van der Waals surface area (Å²) in [6.07, 6.45) is 10.5. The third-order valence-electron chi connectivity index (χ3n) is 3.63. The fourth-order valence-corrected chi connectivity index (χ4v) is 3.58. The Morgan fingerprint density at radius 1 is 0.778 bits per heavy atom. The Morgan fingerprint density at radius 3 is 1.67 bits per heavy atom. The molecule has 2 atom stereocenters. The summed E-state index contributed by atoms with van der Waals surface area (Å²) in [6.45, 7) is 11.8. The van der Waals surface area contributed by atoms with Crippen LogP contribution in [0.3, 0.4) is 0 Å². The van der Waals surface area contributed by atoms with E-state index in [-0.39, 0.29) is 0 Å². The third kappa shape index (κ3) is 7.78. The molecule has 2 heteroatoms. The van der Waals surface area contributed by atoms with Crippen LogP contribution >= 0.6 is 15.9 Å². The maximum atomic E-state index is 3.95. The molecule has 0 saturated carbocycles. The van der Waals surface area contributed by atoms with Crippen molar-refractivity contribution in [1.82, 2.24) is 4.90 Å². The minimum absolute atomic E-state index is 0.677. The quantitative estimate of drug-likeness (QED) is 0.422. The van der Waals surface area contributed by atoms with Crippen LogP contribution < -0.4 is 0 Å². The van der Waals surface area contributed by atoms with E-state index in [9.17, 15) is 0 Å². The second-order valence-corrected chi connectivity index (χ2v) is 6.58. The van der Waals surface area contributed by atoms with Crippen LogP contribution in [-0.2, 0) is 0 Å². The molecule has 0 rings (SSSR count). The van der Waals surface area contributed by atoms with Crippen molar-refractivity contribution >= 4 is 15.9 Å². The van der Waals surface area contributed by atoms with Crippen LogP contribution in [0.4, 0.5) is 0 Å². The zero-order chi connectivity index (χ0) is 13.8. The van der Waals surface area contributed by atoms with Gasteiger partial charge in [-0.25, -0.2) is 0 Å². The van der Waals surface area contributed by atoms with Crippen LogP contribution in [0.15, 0.2) is 0 Å². The molecular formula is C16H34BrN. The van der Waals surface area contributed by atoms with Crippen molar-refractivity contribution in [2.45, 2.75) is 89.9 Å². The number of nitrogens with zero attached hydrogens (tertiary/aromatic N) is 1. The molecule has 0 amide bonds. The molecule has 0 saturated heterocycles. The summed E-state index contributed by atoms with van der Waals surface area (Å²) in [5, 5.41) is 0. The fraction of sp³-hybridized carbons (Fsp3) is 1.00. The van der Waals surface area contributed by atoms with Crippen molar-refractivity contribution in [3.63, 3.8) is 0 Å². The SMILES string of the molecule is CCCCN(CCCC)C(CCC)C(Br)CCC. The van der Waals surface area contributed by atoms with E-state index in [4.69, 9.17) is 0 Å². The summed E-state index contributed by atoms with van der Waals surface area (Å²) in [7, 11) is 0. The highest BCUT2D eigenvalue weighted by Crippen LogP contribution is 2.23. The molecule has 0 radical (unpaired) electrons. The summed E-state index contributed by atoms with van der Waals surface area (Å²) in [4.78, 5) is 3.43. The summed E-state index contributed by atoms with van der Waals surface area (Å²) in [5.41, 5.74) is 0. The molecule has 0 aliphatic rings. The van der Waals surface area contributed by atoms with Gasteiger partial charge in [0.25, 0.3) is 0 Å². The van der Waals surface area contributed by atoms with Crippen molar-refractivity contribution in [2.75, 3.05) is 13.1 Å². The largest absolute Gasteiger partial charge is 0.299 e. The van der Waals surface area contributed by atoms with Gasteiger partial charge in [0, 0.05) is 10.9 Å². The number of halogens is 1. The summed E-state index contributed by atoms with van der Waals surface area (Å²) >= 11 is 3.95. The van der Waals surface area contributed by atoms with E-state index in [0.29, 0.717) is 4.83 Å². The first-order valence-corrected chi connectivity index (χ1v) is 9.00.